The SMILES string of the molecule is CCOC(=O)C1CCN(CC=C(C)CS(=O)(=O)c2ccc(OC)cc2)CC1. The number of benzene rings is 1. The van der Waals surface area contributed by atoms with Crippen molar-refractivity contribution in [3.05, 3.63) is 35.9 Å². The third kappa shape index (κ3) is 6.36. The fourth-order valence-corrected chi connectivity index (χ4v) is 4.56. The molecule has 0 atom stereocenters. The maximum atomic E-state index is 12.5. The molecule has 2 rings (SSSR count). The predicted octanol–water partition coefficient (Wildman–Crippen LogP) is 2.69. The van der Waals surface area contributed by atoms with Crippen molar-refractivity contribution in [1.82, 2.24) is 4.90 Å². The van der Waals surface area contributed by atoms with Crippen molar-refractivity contribution in [3.8, 4) is 5.75 Å². The van der Waals surface area contributed by atoms with Crippen LogP contribution in [0.3, 0.4) is 0 Å². The topological polar surface area (TPSA) is 72.9 Å². The van der Waals surface area contributed by atoms with Crippen LogP contribution in [0.4, 0.5) is 0 Å². The van der Waals surface area contributed by atoms with Gasteiger partial charge in [-0.25, -0.2) is 8.42 Å². The van der Waals surface area contributed by atoms with Crippen molar-refractivity contribution in [2.75, 3.05) is 39.1 Å². The Kier molecular flexibility index (Phi) is 7.86. The second kappa shape index (κ2) is 9.90. The molecule has 0 radical (unpaired) electrons. The quantitative estimate of drug-likeness (QED) is 0.498. The van der Waals surface area contributed by atoms with Crippen molar-refractivity contribution in [2.45, 2.75) is 31.6 Å². The molecule has 0 spiro atoms. The smallest absolute Gasteiger partial charge is 0.309 e. The third-order valence-corrected chi connectivity index (χ3v) is 6.57. The highest BCUT2D eigenvalue weighted by Gasteiger charge is 2.25. The minimum Gasteiger partial charge on any atom is -0.497 e. The van der Waals surface area contributed by atoms with Gasteiger partial charge in [-0.3, -0.25) is 9.69 Å². The van der Waals surface area contributed by atoms with Gasteiger partial charge in [-0.15, -0.1) is 0 Å². The summed E-state index contributed by atoms with van der Waals surface area (Å²) < 4.78 is 35.2. The van der Waals surface area contributed by atoms with E-state index in [4.69, 9.17) is 9.47 Å². The van der Waals surface area contributed by atoms with Crippen LogP contribution in [-0.4, -0.2) is 58.4 Å². The van der Waals surface area contributed by atoms with E-state index in [1.165, 1.54) is 0 Å². The standard InChI is InChI=1S/C20H29NO5S/c1-4-26-20(22)17-10-13-21(14-11-17)12-9-16(2)15-27(23,24)19-7-5-18(25-3)6-8-19/h5-9,17H,4,10-15H2,1-3H3. The summed E-state index contributed by atoms with van der Waals surface area (Å²) in [5.41, 5.74) is 0.818. The summed E-state index contributed by atoms with van der Waals surface area (Å²) in [6, 6.07) is 6.45. The molecule has 1 aliphatic heterocycles. The van der Waals surface area contributed by atoms with Crippen LogP contribution in [0.15, 0.2) is 40.8 Å². The van der Waals surface area contributed by atoms with Crippen LogP contribution < -0.4 is 4.74 Å². The van der Waals surface area contributed by atoms with Crippen LogP contribution in [0.5, 0.6) is 5.75 Å². The molecular formula is C20H29NO5S. The van der Waals surface area contributed by atoms with Gasteiger partial charge < -0.3 is 9.47 Å². The molecule has 7 heteroatoms. The fourth-order valence-electron chi connectivity index (χ4n) is 3.12. The third-order valence-electron chi connectivity index (χ3n) is 4.74. The number of piperidine rings is 1. The Morgan fingerprint density at radius 1 is 1.22 bits per heavy atom. The molecule has 1 aromatic rings. The van der Waals surface area contributed by atoms with Crippen molar-refractivity contribution in [1.29, 1.82) is 0 Å². The van der Waals surface area contributed by atoms with Crippen LogP contribution >= 0.6 is 0 Å². The summed E-state index contributed by atoms with van der Waals surface area (Å²) in [6.07, 6.45) is 3.54. The van der Waals surface area contributed by atoms with E-state index in [9.17, 15) is 13.2 Å². The number of esters is 1. The molecule has 1 saturated heterocycles. The van der Waals surface area contributed by atoms with E-state index in [0.29, 0.717) is 23.8 Å². The summed E-state index contributed by atoms with van der Waals surface area (Å²) in [5, 5.41) is 0. The number of carbonyl (C=O) groups excluding carboxylic acids is 1. The lowest BCUT2D eigenvalue weighted by molar-refractivity contribution is -0.149. The monoisotopic (exact) mass is 395 g/mol. The molecule has 0 aromatic heterocycles. The number of ether oxygens (including phenoxy) is 2. The Balaban J connectivity index is 1.86. The molecular weight excluding hydrogens is 366 g/mol. The van der Waals surface area contributed by atoms with E-state index in [-0.39, 0.29) is 17.6 Å². The Morgan fingerprint density at radius 2 is 1.85 bits per heavy atom. The lowest BCUT2D eigenvalue weighted by atomic mass is 9.97. The number of hydrogen-bond donors (Lipinski definition) is 0. The summed E-state index contributed by atoms with van der Waals surface area (Å²) >= 11 is 0. The highest BCUT2D eigenvalue weighted by atomic mass is 32.2. The minimum atomic E-state index is -3.37. The number of methoxy groups -OCH3 is 1. The maximum absolute atomic E-state index is 12.5. The number of nitrogens with zero attached hydrogens (tertiary/aromatic N) is 1. The van der Waals surface area contributed by atoms with E-state index in [2.05, 4.69) is 4.90 Å². The second-order valence-electron chi connectivity index (χ2n) is 6.81. The van der Waals surface area contributed by atoms with Gasteiger partial charge in [0, 0.05) is 6.54 Å². The number of sulfone groups is 1. The first kappa shape index (κ1) is 21.4. The van der Waals surface area contributed by atoms with Crippen LogP contribution in [0.1, 0.15) is 26.7 Å². The summed E-state index contributed by atoms with van der Waals surface area (Å²) in [6.45, 7) is 6.41. The average molecular weight is 396 g/mol. The Bertz CT molecular complexity index is 747. The van der Waals surface area contributed by atoms with Crippen LogP contribution in [0, 0.1) is 5.92 Å². The van der Waals surface area contributed by atoms with E-state index in [1.807, 2.05) is 19.9 Å². The minimum absolute atomic E-state index is 0.00137. The predicted molar refractivity (Wildman–Crippen MR) is 105 cm³/mol. The maximum Gasteiger partial charge on any atom is 0.309 e. The van der Waals surface area contributed by atoms with Crippen molar-refractivity contribution in [3.63, 3.8) is 0 Å². The zero-order valence-electron chi connectivity index (χ0n) is 16.3. The molecule has 1 heterocycles. The first-order valence-electron chi connectivity index (χ1n) is 9.27. The van der Waals surface area contributed by atoms with E-state index >= 15 is 0 Å². The lowest BCUT2D eigenvalue weighted by Gasteiger charge is -2.30. The van der Waals surface area contributed by atoms with Gasteiger partial charge in [-0.05, 0) is 64.0 Å². The van der Waals surface area contributed by atoms with Crippen molar-refractivity contribution in [2.24, 2.45) is 5.92 Å². The molecule has 0 bridgehead atoms. The lowest BCUT2D eigenvalue weighted by Crippen LogP contribution is -2.37. The molecule has 0 aliphatic carbocycles. The van der Waals surface area contributed by atoms with Crippen LogP contribution in [-0.2, 0) is 19.4 Å². The number of hydrogen-bond acceptors (Lipinski definition) is 6. The normalized spacial score (nSPS) is 16.9. The Morgan fingerprint density at radius 3 is 2.41 bits per heavy atom. The van der Waals surface area contributed by atoms with Gasteiger partial charge in [0.05, 0.1) is 30.3 Å². The van der Waals surface area contributed by atoms with Gasteiger partial charge in [0.2, 0.25) is 0 Å². The zero-order valence-corrected chi connectivity index (χ0v) is 17.1. The molecule has 1 aromatic carbocycles. The Hall–Kier alpha value is -1.86. The van der Waals surface area contributed by atoms with Crippen LogP contribution in [0.25, 0.3) is 0 Å². The van der Waals surface area contributed by atoms with Gasteiger partial charge in [0.25, 0.3) is 0 Å². The van der Waals surface area contributed by atoms with Crippen molar-refractivity contribution >= 4 is 15.8 Å². The first-order valence-corrected chi connectivity index (χ1v) is 10.9. The van der Waals surface area contributed by atoms with Gasteiger partial charge in [0.15, 0.2) is 9.84 Å². The van der Waals surface area contributed by atoms with Crippen LogP contribution in [0.2, 0.25) is 0 Å². The van der Waals surface area contributed by atoms with Gasteiger partial charge >= 0.3 is 5.97 Å². The fraction of sp³-hybridized carbons (Fsp3) is 0.550. The zero-order chi connectivity index (χ0) is 19.9. The number of rotatable bonds is 8. The summed E-state index contributed by atoms with van der Waals surface area (Å²) in [5.74, 6) is 0.516. The molecule has 0 unspecified atom stereocenters. The Labute approximate surface area is 162 Å². The molecule has 6 nitrogen and oxygen atoms in total. The largest absolute Gasteiger partial charge is 0.497 e. The average Bonchev–Trinajstić information content (AvgIpc) is 2.66. The van der Waals surface area contributed by atoms with E-state index < -0.39 is 9.84 Å². The molecule has 0 N–H and O–H groups in total. The van der Waals surface area contributed by atoms with Gasteiger partial charge in [-0.1, -0.05) is 11.6 Å². The molecule has 1 aliphatic rings. The van der Waals surface area contributed by atoms with Gasteiger partial charge in [0.1, 0.15) is 5.75 Å². The molecule has 1 fully saturated rings. The summed E-state index contributed by atoms with van der Waals surface area (Å²) in [7, 11) is -1.82. The summed E-state index contributed by atoms with van der Waals surface area (Å²) in [4.78, 5) is 14.3. The highest BCUT2D eigenvalue weighted by molar-refractivity contribution is 7.91. The van der Waals surface area contributed by atoms with E-state index in [1.54, 1.807) is 31.4 Å². The van der Waals surface area contributed by atoms with E-state index in [0.717, 1.165) is 31.5 Å². The molecule has 27 heavy (non-hydrogen) atoms. The molecule has 0 saturated carbocycles. The molecule has 0 amide bonds. The van der Waals surface area contributed by atoms with Crippen molar-refractivity contribution < 1.29 is 22.7 Å². The first-order chi connectivity index (χ1) is 12.9. The second-order valence-corrected chi connectivity index (χ2v) is 8.80. The van der Waals surface area contributed by atoms with Gasteiger partial charge in [-0.2, -0.15) is 0 Å². The molecule has 150 valence electrons. The highest BCUT2D eigenvalue weighted by Crippen LogP contribution is 2.20. The number of likely N-dealkylation sites (tertiary alicyclic amines) is 1. The number of carbonyl (C=O) groups is 1.